The average Bonchev–Trinajstić information content (AvgIpc) is 1.94. The van der Waals surface area contributed by atoms with E-state index < -0.39 is 0 Å². The number of pyridine rings is 1. The van der Waals surface area contributed by atoms with Crippen LogP contribution < -0.4 is 11.5 Å². The van der Waals surface area contributed by atoms with Gasteiger partial charge in [0.05, 0.1) is 17.1 Å². The molecule has 0 aliphatic heterocycles. The van der Waals surface area contributed by atoms with E-state index >= 15 is 0 Å². The van der Waals surface area contributed by atoms with Crippen LogP contribution in [0.4, 0.5) is 11.4 Å². The first-order valence-corrected chi connectivity index (χ1v) is 4.42. The quantitative estimate of drug-likeness (QED) is 0.630. The molecule has 0 radical (unpaired) electrons. The van der Waals surface area contributed by atoms with Crippen molar-refractivity contribution >= 4 is 23.0 Å². The van der Waals surface area contributed by atoms with E-state index in [1.807, 2.05) is 20.8 Å². The Labute approximate surface area is 83.1 Å². The van der Waals surface area contributed by atoms with E-state index in [0.29, 0.717) is 16.5 Å². The van der Waals surface area contributed by atoms with Crippen LogP contribution in [-0.4, -0.2) is 4.98 Å². The van der Waals surface area contributed by atoms with Crippen molar-refractivity contribution < 1.29 is 0 Å². The molecule has 13 heavy (non-hydrogen) atoms. The normalized spacial score (nSPS) is 11.7. The van der Waals surface area contributed by atoms with E-state index in [1.54, 1.807) is 6.07 Å². The molecule has 0 aromatic carbocycles. The van der Waals surface area contributed by atoms with Crippen molar-refractivity contribution in [2.45, 2.75) is 26.2 Å². The first-order valence-electron chi connectivity index (χ1n) is 4.04. The number of hydrogen-bond donors (Lipinski definition) is 2. The third-order valence-electron chi connectivity index (χ3n) is 1.74. The van der Waals surface area contributed by atoms with Crippen LogP contribution in [0.5, 0.6) is 0 Å². The number of nitrogen functional groups attached to an aromatic ring is 2. The van der Waals surface area contributed by atoms with E-state index in [2.05, 4.69) is 4.98 Å². The molecule has 3 nitrogen and oxygen atoms in total. The number of nitrogens with zero attached hydrogens (tertiary/aromatic N) is 1. The summed E-state index contributed by atoms with van der Waals surface area (Å²) in [5.41, 5.74) is 13.0. The number of hydrogen-bond acceptors (Lipinski definition) is 3. The predicted molar refractivity (Wildman–Crippen MR) is 56.8 cm³/mol. The number of rotatable bonds is 0. The number of halogens is 1. The predicted octanol–water partition coefficient (Wildman–Crippen LogP) is 2.20. The molecule has 0 saturated carbocycles. The van der Waals surface area contributed by atoms with Gasteiger partial charge in [0.1, 0.15) is 0 Å². The number of aromatic nitrogens is 1. The Morgan fingerprint density at radius 2 is 1.77 bits per heavy atom. The minimum atomic E-state index is -0.110. The van der Waals surface area contributed by atoms with Crippen LogP contribution in [0.2, 0.25) is 5.15 Å². The standard InChI is InChI=1S/C9H14ClN3/c1-9(2,3)7-5(11)4-6(12)8(10)13-7/h4H,11-12H2,1-3H3. The van der Waals surface area contributed by atoms with Crippen molar-refractivity contribution in [2.75, 3.05) is 11.5 Å². The van der Waals surface area contributed by atoms with Crippen LogP contribution in [0.1, 0.15) is 26.5 Å². The molecule has 1 heterocycles. The lowest BCUT2D eigenvalue weighted by molar-refractivity contribution is 0.572. The maximum Gasteiger partial charge on any atom is 0.152 e. The van der Waals surface area contributed by atoms with Gasteiger partial charge in [-0.05, 0) is 6.07 Å². The largest absolute Gasteiger partial charge is 0.397 e. The Kier molecular flexibility index (Phi) is 2.39. The van der Waals surface area contributed by atoms with Gasteiger partial charge in [0.25, 0.3) is 0 Å². The lowest BCUT2D eigenvalue weighted by Gasteiger charge is -2.20. The van der Waals surface area contributed by atoms with Crippen LogP contribution >= 0.6 is 11.6 Å². The van der Waals surface area contributed by atoms with Gasteiger partial charge in [0.2, 0.25) is 0 Å². The van der Waals surface area contributed by atoms with E-state index in [-0.39, 0.29) is 5.41 Å². The summed E-state index contributed by atoms with van der Waals surface area (Å²) in [6, 6.07) is 1.65. The Bertz CT molecular complexity index is 328. The summed E-state index contributed by atoms with van der Waals surface area (Å²) in [4.78, 5) is 4.16. The van der Waals surface area contributed by atoms with Gasteiger partial charge in [-0.15, -0.1) is 0 Å². The van der Waals surface area contributed by atoms with Crippen molar-refractivity contribution in [2.24, 2.45) is 0 Å². The molecule has 0 fully saturated rings. The van der Waals surface area contributed by atoms with Gasteiger partial charge >= 0.3 is 0 Å². The van der Waals surface area contributed by atoms with Gasteiger partial charge in [-0.2, -0.15) is 0 Å². The Balaban J connectivity index is 3.32. The van der Waals surface area contributed by atoms with Crippen molar-refractivity contribution in [1.82, 2.24) is 4.98 Å². The highest BCUT2D eigenvalue weighted by Crippen LogP contribution is 2.30. The SMILES string of the molecule is CC(C)(C)c1nc(Cl)c(N)cc1N. The number of anilines is 2. The molecule has 1 aromatic rings. The third kappa shape index (κ3) is 2.04. The van der Waals surface area contributed by atoms with Crippen molar-refractivity contribution in [3.63, 3.8) is 0 Å². The summed E-state index contributed by atoms with van der Waals surface area (Å²) in [6.45, 7) is 6.08. The molecule has 0 spiro atoms. The Morgan fingerprint density at radius 3 is 2.23 bits per heavy atom. The van der Waals surface area contributed by atoms with Gasteiger partial charge < -0.3 is 11.5 Å². The van der Waals surface area contributed by atoms with Crippen molar-refractivity contribution in [3.05, 3.63) is 16.9 Å². The maximum atomic E-state index is 5.80. The van der Waals surface area contributed by atoms with E-state index in [9.17, 15) is 0 Å². The molecule has 4 N–H and O–H groups in total. The van der Waals surface area contributed by atoms with Crippen molar-refractivity contribution in [3.8, 4) is 0 Å². The summed E-state index contributed by atoms with van der Waals surface area (Å²) >= 11 is 5.80. The first-order chi connectivity index (χ1) is 5.82. The third-order valence-corrected chi connectivity index (χ3v) is 2.05. The summed E-state index contributed by atoms with van der Waals surface area (Å²) < 4.78 is 0. The summed E-state index contributed by atoms with van der Waals surface area (Å²) in [7, 11) is 0. The fourth-order valence-corrected chi connectivity index (χ4v) is 1.26. The second-order valence-corrected chi connectivity index (χ2v) is 4.41. The van der Waals surface area contributed by atoms with E-state index in [1.165, 1.54) is 0 Å². The summed E-state index contributed by atoms with van der Waals surface area (Å²) in [6.07, 6.45) is 0. The van der Waals surface area contributed by atoms with Crippen LogP contribution in [0.3, 0.4) is 0 Å². The smallest absolute Gasteiger partial charge is 0.152 e. The number of nitrogens with two attached hydrogens (primary N) is 2. The fraction of sp³-hybridized carbons (Fsp3) is 0.444. The lowest BCUT2D eigenvalue weighted by Crippen LogP contribution is -2.16. The maximum absolute atomic E-state index is 5.80. The Morgan fingerprint density at radius 1 is 1.23 bits per heavy atom. The zero-order valence-electron chi connectivity index (χ0n) is 8.06. The van der Waals surface area contributed by atoms with E-state index in [0.717, 1.165) is 5.69 Å². The van der Waals surface area contributed by atoms with Gasteiger partial charge in [-0.25, -0.2) is 4.98 Å². The molecule has 1 rings (SSSR count). The Hall–Kier alpha value is -0.960. The molecule has 1 aromatic heterocycles. The highest BCUT2D eigenvalue weighted by Gasteiger charge is 2.19. The monoisotopic (exact) mass is 199 g/mol. The molecule has 0 amide bonds. The van der Waals surface area contributed by atoms with Gasteiger partial charge in [0.15, 0.2) is 5.15 Å². The fourth-order valence-electron chi connectivity index (χ4n) is 1.12. The molecule has 0 aliphatic carbocycles. The first kappa shape index (κ1) is 10.1. The van der Waals surface area contributed by atoms with Gasteiger partial charge in [-0.1, -0.05) is 32.4 Å². The molecule has 0 unspecified atom stereocenters. The highest BCUT2D eigenvalue weighted by molar-refractivity contribution is 6.31. The van der Waals surface area contributed by atoms with Crippen LogP contribution in [0.15, 0.2) is 6.07 Å². The second kappa shape index (κ2) is 3.07. The van der Waals surface area contributed by atoms with E-state index in [4.69, 9.17) is 23.1 Å². The average molecular weight is 200 g/mol. The summed E-state index contributed by atoms with van der Waals surface area (Å²) in [5, 5.41) is 0.319. The zero-order chi connectivity index (χ0) is 10.2. The minimum Gasteiger partial charge on any atom is -0.397 e. The van der Waals surface area contributed by atoms with Gasteiger partial charge in [0, 0.05) is 5.41 Å². The molecule has 0 aliphatic rings. The molecular formula is C9H14ClN3. The molecule has 72 valence electrons. The minimum absolute atomic E-state index is 0.110. The molecule has 0 saturated heterocycles. The summed E-state index contributed by atoms with van der Waals surface area (Å²) in [5.74, 6) is 0. The second-order valence-electron chi connectivity index (χ2n) is 4.06. The zero-order valence-corrected chi connectivity index (χ0v) is 8.81. The van der Waals surface area contributed by atoms with Crippen LogP contribution in [0.25, 0.3) is 0 Å². The molecule has 4 heteroatoms. The molecule has 0 bridgehead atoms. The van der Waals surface area contributed by atoms with Crippen LogP contribution in [-0.2, 0) is 5.41 Å². The van der Waals surface area contributed by atoms with Crippen LogP contribution in [0, 0.1) is 0 Å². The topological polar surface area (TPSA) is 64.9 Å². The lowest BCUT2D eigenvalue weighted by atomic mass is 9.90. The highest BCUT2D eigenvalue weighted by atomic mass is 35.5. The molecular weight excluding hydrogens is 186 g/mol. The van der Waals surface area contributed by atoms with Crippen molar-refractivity contribution in [1.29, 1.82) is 0 Å². The molecule has 0 atom stereocenters. The van der Waals surface area contributed by atoms with Gasteiger partial charge in [-0.3, -0.25) is 0 Å².